The predicted octanol–water partition coefficient (Wildman–Crippen LogP) is 3.21. The van der Waals surface area contributed by atoms with Gasteiger partial charge in [0.05, 0.1) is 0 Å². The molecule has 1 heterocycles. The second kappa shape index (κ2) is 9.81. The van der Waals surface area contributed by atoms with Crippen LogP contribution in [0.15, 0.2) is 0 Å². The van der Waals surface area contributed by atoms with E-state index in [1.807, 2.05) is 0 Å². The van der Waals surface area contributed by atoms with Crippen LogP contribution in [0.5, 0.6) is 0 Å². The molecule has 0 aromatic rings. The molecule has 0 amide bonds. The smallest absolute Gasteiger partial charge is 0.0218 e. The zero-order valence-corrected chi connectivity index (χ0v) is 15.4. The molecule has 1 N–H and O–H groups in total. The number of nitrogens with one attached hydrogen (secondary N) is 1. The highest BCUT2D eigenvalue weighted by atomic mass is 15.2. The summed E-state index contributed by atoms with van der Waals surface area (Å²) in [4.78, 5) is 5.20. The molecule has 0 aromatic carbocycles. The lowest BCUT2D eigenvalue weighted by Gasteiger charge is -2.41. The molecule has 3 heteroatoms. The van der Waals surface area contributed by atoms with E-state index >= 15 is 0 Å². The minimum atomic E-state index is 0.669. The van der Waals surface area contributed by atoms with E-state index < -0.39 is 0 Å². The summed E-state index contributed by atoms with van der Waals surface area (Å²) in [6.45, 7) is 16.5. The Morgan fingerprint density at radius 1 is 1.19 bits per heavy atom. The molecule has 2 unspecified atom stereocenters. The minimum Gasteiger partial charge on any atom is -0.311 e. The van der Waals surface area contributed by atoms with Gasteiger partial charge in [-0.1, -0.05) is 20.8 Å². The highest BCUT2D eigenvalue weighted by Gasteiger charge is 2.26. The van der Waals surface area contributed by atoms with Gasteiger partial charge >= 0.3 is 0 Å². The largest absolute Gasteiger partial charge is 0.311 e. The van der Waals surface area contributed by atoms with Crippen LogP contribution in [0.25, 0.3) is 0 Å². The fourth-order valence-corrected chi connectivity index (χ4v) is 3.27. The van der Waals surface area contributed by atoms with E-state index in [0.29, 0.717) is 12.1 Å². The Morgan fingerprint density at radius 2 is 1.90 bits per heavy atom. The maximum Gasteiger partial charge on any atom is 0.0218 e. The summed E-state index contributed by atoms with van der Waals surface area (Å²) in [6.07, 6.45) is 5.24. The molecule has 0 saturated carbocycles. The molecule has 2 atom stereocenters. The summed E-state index contributed by atoms with van der Waals surface area (Å²) < 4.78 is 0. The van der Waals surface area contributed by atoms with Gasteiger partial charge in [0, 0.05) is 31.2 Å². The Morgan fingerprint density at radius 3 is 2.48 bits per heavy atom. The van der Waals surface area contributed by atoms with Crippen molar-refractivity contribution in [2.75, 3.05) is 33.2 Å². The van der Waals surface area contributed by atoms with Crippen molar-refractivity contribution in [1.82, 2.24) is 15.1 Å². The first-order valence-corrected chi connectivity index (χ1v) is 9.11. The van der Waals surface area contributed by atoms with Gasteiger partial charge < -0.3 is 10.2 Å². The van der Waals surface area contributed by atoms with Crippen molar-refractivity contribution in [2.45, 2.75) is 78.4 Å². The van der Waals surface area contributed by atoms with Crippen LogP contribution in [0, 0.1) is 5.92 Å². The number of hydrogen-bond acceptors (Lipinski definition) is 3. The van der Waals surface area contributed by atoms with Gasteiger partial charge in [-0.2, -0.15) is 0 Å². The van der Waals surface area contributed by atoms with E-state index in [1.54, 1.807) is 0 Å². The zero-order chi connectivity index (χ0) is 15.8. The van der Waals surface area contributed by atoms with Crippen LogP contribution in [0.3, 0.4) is 0 Å². The number of unbranched alkanes of at least 4 members (excludes halogenated alkanes) is 1. The molecular formula is C18H39N3. The molecule has 1 fully saturated rings. The van der Waals surface area contributed by atoms with E-state index in [4.69, 9.17) is 0 Å². The van der Waals surface area contributed by atoms with Gasteiger partial charge in [0.15, 0.2) is 0 Å². The monoisotopic (exact) mass is 297 g/mol. The Bertz CT molecular complexity index is 265. The Labute approximate surface area is 133 Å². The highest BCUT2D eigenvalue weighted by Crippen LogP contribution is 2.16. The number of nitrogens with zero attached hydrogens (tertiary/aromatic N) is 2. The average molecular weight is 298 g/mol. The minimum absolute atomic E-state index is 0.669. The predicted molar refractivity (Wildman–Crippen MR) is 93.9 cm³/mol. The lowest BCUT2D eigenvalue weighted by Crippen LogP contribution is -2.56. The lowest BCUT2D eigenvalue weighted by atomic mass is 9.98. The summed E-state index contributed by atoms with van der Waals surface area (Å²) in [5, 5.41) is 3.76. The van der Waals surface area contributed by atoms with Crippen LogP contribution in [0.1, 0.15) is 60.3 Å². The lowest BCUT2D eigenvalue weighted by molar-refractivity contribution is 0.115. The van der Waals surface area contributed by atoms with Gasteiger partial charge in [0.2, 0.25) is 0 Å². The molecule has 1 aliphatic rings. The van der Waals surface area contributed by atoms with Crippen molar-refractivity contribution in [3.8, 4) is 0 Å². The molecule has 21 heavy (non-hydrogen) atoms. The van der Waals surface area contributed by atoms with Crippen molar-refractivity contribution in [1.29, 1.82) is 0 Å². The van der Waals surface area contributed by atoms with E-state index in [-0.39, 0.29) is 0 Å². The second-order valence-corrected chi connectivity index (χ2v) is 7.57. The normalized spacial score (nSPS) is 24.4. The van der Waals surface area contributed by atoms with Gasteiger partial charge in [0.25, 0.3) is 0 Å². The molecule has 1 rings (SSSR count). The van der Waals surface area contributed by atoms with Crippen LogP contribution in [0.2, 0.25) is 0 Å². The van der Waals surface area contributed by atoms with Gasteiger partial charge in [0.1, 0.15) is 0 Å². The number of hydrogen-bond donors (Lipinski definition) is 1. The fourth-order valence-electron chi connectivity index (χ4n) is 3.27. The van der Waals surface area contributed by atoms with Crippen LogP contribution in [0.4, 0.5) is 0 Å². The molecule has 0 aromatic heterocycles. The zero-order valence-electron chi connectivity index (χ0n) is 15.4. The van der Waals surface area contributed by atoms with Crippen LogP contribution >= 0.6 is 0 Å². The summed E-state index contributed by atoms with van der Waals surface area (Å²) in [6, 6.07) is 2.12. The number of rotatable bonds is 9. The fraction of sp³-hybridized carbons (Fsp3) is 1.00. The topological polar surface area (TPSA) is 18.5 Å². The summed E-state index contributed by atoms with van der Waals surface area (Å²) in [5.41, 5.74) is 0. The van der Waals surface area contributed by atoms with Crippen LogP contribution < -0.4 is 5.32 Å². The molecule has 0 radical (unpaired) electrons. The molecule has 1 saturated heterocycles. The molecule has 0 bridgehead atoms. The second-order valence-electron chi connectivity index (χ2n) is 7.57. The maximum absolute atomic E-state index is 3.76. The molecule has 3 nitrogen and oxygen atoms in total. The quantitative estimate of drug-likeness (QED) is 0.659. The van der Waals surface area contributed by atoms with E-state index in [0.717, 1.165) is 12.0 Å². The van der Waals surface area contributed by atoms with E-state index in [2.05, 4.69) is 56.8 Å². The number of piperazine rings is 1. The first-order valence-electron chi connectivity index (χ1n) is 9.11. The summed E-state index contributed by atoms with van der Waals surface area (Å²) in [7, 11) is 2.24. The van der Waals surface area contributed by atoms with E-state index in [9.17, 15) is 0 Å². The molecule has 0 spiro atoms. The third-order valence-electron chi connectivity index (χ3n) is 4.93. The van der Waals surface area contributed by atoms with Gasteiger partial charge in [-0.15, -0.1) is 0 Å². The van der Waals surface area contributed by atoms with Crippen molar-refractivity contribution in [2.24, 2.45) is 5.92 Å². The SMILES string of the molecule is CCC1CNC(CC(C)C)CN1CCCCN(C)C(C)C. The molecular weight excluding hydrogens is 258 g/mol. The average Bonchev–Trinajstić information content (AvgIpc) is 2.42. The van der Waals surface area contributed by atoms with Crippen molar-refractivity contribution in [3.05, 3.63) is 0 Å². The molecule has 0 aliphatic carbocycles. The van der Waals surface area contributed by atoms with Crippen molar-refractivity contribution in [3.63, 3.8) is 0 Å². The van der Waals surface area contributed by atoms with Gasteiger partial charge in [-0.05, 0) is 65.6 Å². The summed E-state index contributed by atoms with van der Waals surface area (Å²) >= 11 is 0. The third kappa shape index (κ3) is 7.12. The van der Waals surface area contributed by atoms with Crippen LogP contribution in [-0.2, 0) is 0 Å². The van der Waals surface area contributed by atoms with Crippen molar-refractivity contribution < 1.29 is 0 Å². The summed E-state index contributed by atoms with van der Waals surface area (Å²) in [5.74, 6) is 0.794. The van der Waals surface area contributed by atoms with Gasteiger partial charge in [-0.25, -0.2) is 0 Å². The van der Waals surface area contributed by atoms with E-state index in [1.165, 1.54) is 51.9 Å². The van der Waals surface area contributed by atoms with Crippen LogP contribution in [-0.4, -0.2) is 61.2 Å². The molecule has 126 valence electrons. The first kappa shape index (κ1) is 18.9. The standard InChI is InChI=1S/C18H39N3/c1-7-18-13-19-17(12-15(2)3)14-21(18)11-9-8-10-20(6)16(4)5/h15-19H,7-14H2,1-6H3. The Kier molecular flexibility index (Phi) is 8.84. The first-order chi connectivity index (χ1) is 9.93. The highest BCUT2D eigenvalue weighted by molar-refractivity contribution is 4.85. The third-order valence-corrected chi connectivity index (χ3v) is 4.93. The Hall–Kier alpha value is -0.120. The van der Waals surface area contributed by atoms with Crippen molar-refractivity contribution >= 4 is 0 Å². The maximum atomic E-state index is 3.76. The van der Waals surface area contributed by atoms with Gasteiger partial charge in [-0.3, -0.25) is 4.90 Å². The molecule has 1 aliphatic heterocycles. The Balaban J connectivity index is 2.31.